The van der Waals surface area contributed by atoms with Crippen LogP contribution in [-0.4, -0.2) is 63.5 Å². The first kappa shape index (κ1) is 23.3. The molecule has 0 atom stereocenters. The molecule has 11 heteroatoms. The zero-order valence-electron chi connectivity index (χ0n) is 15.7. The molecule has 8 nitrogen and oxygen atoms in total. The number of piperazine rings is 1. The topological polar surface area (TPSA) is 104 Å². The summed E-state index contributed by atoms with van der Waals surface area (Å²) in [5, 5.41) is 0. The molecule has 1 aliphatic heterocycles. The minimum absolute atomic E-state index is 0. The van der Waals surface area contributed by atoms with Gasteiger partial charge in [-0.2, -0.15) is 0 Å². The van der Waals surface area contributed by atoms with Crippen LogP contribution < -0.4 is 15.4 Å². The SMILES string of the molecule is I.NC(=NCCNS(=O)(=O)c1cccnc1)N1CCN(c2ccc(F)cc2)CC1. The van der Waals surface area contributed by atoms with Crippen LogP contribution in [0.15, 0.2) is 58.7 Å². The lowest BCUT2D eigenvalue weighted by molar-refractivity contribution is 0.381. The van der Waals surface area contributed by atoms with Crippen LogP contribution in [-0.2, 0) is 10.0 Å². The summed E-state index contributed by atoms with van der Waals surface area (Å²) >= 11 is 0. The summed E-state index contributed by atoms with van der Waals surface area (Å²) in [6.07, 6.45) is 2.81. The smallest absolute Gasteiger partial charge is 0.242 e. The number of nitrogens with two attached hydrogens (primary N) is 1. The fourth-order valence-electron chi connectivity index (χ4n) is 2.89. The van der Waals surface area contributed by atoms with Gasteiger partial charge in [0.1, 0.15) is 10.7 Å². The molecule has 0 radical (unpaired) electrons. The van der Waals surface area contributed by atoms with Crippen LogP contribution in [0.2, 0.25) is 0 Å². The number of nitrogens with zero attached hydrogens (tertiary/aromatic N) is 4. The molecule has 3 rings (SSSR count). The third-order valence-electron chi connectivity index (χ3n) is 4.42. The molecule has 0 spiro atoms. The predicted molar refractivity (Wildman–Crippen MR) is 122 cm³/mol. The first-order chi connectivity index (χ1) is 13.5. The molecular formula is C18H24FIN6O2S. The Hall–Kier alpha value is -1.99. The Bertz CT molecular complexity index is 904. The van der Waals surface area contributed by atoms with E-state index in [1.807, 2.05) is 4.90 Å². The third-order valence-corrected chi connectivity index (χ3v) is 5.86. The van der Waals surface area contributed by atoms with Crippen molar-refractivity contribution in [1.82, 2.24) is 14.6 Å². The van der Waals surface area contributed by atoms with Crippen LogP contribution >= 0.6 is 24.0 Å². The van der Waals surface area contributed by atoms with E-state index in [9.17, 15) is 12.8 Å². The number of guanidine groups is 1. The van der Waals surface area contributed by atoms with Crippen molar-refractivity contribution in [3.8, 4) is 0 Å². The fourth-order valence-corrected chi connectivity index (χ4v) is 3.87. The second kappa shape index (κ2) is 10.7. The molecule has 29 heavy (non-hydrogen) atoms. The Balaban J connectivity index is 0.00000300. The largest absolute Gasteiger partial charge is 0.370 e. The number of pyridine rings is 1. The second-order valence-electron chi connectivity index (χ2n) is 6.28. The van der Waals surface area contributed by atoms with Gasteiger partial charge in [0.2, 0.25) is 10.0 Å². The van der Waals surface area contributed by atoms with E-state index in [0.717, 1.165) is 18.8 Å². The number of aromatic nitrogens is 1. The molecule has 2 aromatic rings. The van der Waals surface area contributed by atoms with E-state index in [4.69, 9.17) is 5.73 Å². The lowest BCUT2D eigenvalue weighted by atomic mass is 10.2. The Morgan fingerprint density at radius 2 is 1.86 bits per heavy atom. The zero-order chi connectivity index (χ0) is 20.0. The molecule has 3 N–H and O–H groups in total. The van der Waals surface area contributed by atoms with Gasteiger partial charge in [0.15, 0.2) is 5.96 Å². The summed E-state index contributed by atoms with van der Waals surface area (Å²) in [6.45, 7) is 3.25. The van der Waals surface area contributed by atoms with Crippen molar-refractivity contribution in [2.75, 3.05) is 44.2 Å². The van der Waals surface area contributed by atoms with Crippen LogP contribution in [0.25, 0.3) is 0 Å². The molecule has 1 fully saturated rings. The standard InChI is InChI=1S/C18H23FN6O2S.HI/c19-15-3-5-16(6-4-15)24-10-12-25(13-11-24)18(20)22-8-9-23-28(26,27)17-2-1-7-21-14-17;/h1-7,14,23H,8-13H2,(H2,20,22);1H. The monoisotopic (exact) mass is 534 g/mol. The Morgan fingerprint density at radius 3 is 2.48 bits per heavy atom. The van der Waals surface area contributed by atoms with Crippen molar-refractivity contribution < 1.29 is 12.8 Å². The number of anilines is 1. The van der Waals surface area contributed by atoms with Gasteiger partial charge >= 0.3 is 0 Å². The Morgan fingerprint density at radius 1 is 1.17 bits per heavy atom. The summed E-state index contributed by atoms with van der Waals surface area (Å²) in [5.74, 6) is 0.136. The molecule has 0 aliphatic carbocycles. The molecule has 0 unspecified atom stereocenters. The minimum atomic E-state index is -3.59. The minimum Gasteiger partial charge on any atom is -0.370 e. The fraction of sp³-hybridized carbons (Fsp3) is 0.333. The number of rotatable bonds is 6. The lowest BCUT2D eigenvalue weighted by Gasteiger charge is -2.36. The van der Waals surface area contributed by atoms with E-state index >= 15 is 0 Å². The molecule has 0 amide bonds. The first-order valence-electron chi connectivity index (χ1n) is 8.91. The van der Waals surface area contributed by atoms with Gasteiger partial charge in [0.25, 0.3) is 0 Å². The van der Waals surface area contributed by atoms with Crippen molar-refractivity contribution in [1.29, 1.82) is 0 Å². The van der Waals surface area contributed by atoms with Gasteiger partial charge in [-0.05, 0) is 36.4 Å². The molecule has 0 bridgehead atoms. The van der Waals surface area contributed by atoms with Crippen LogP contribution in [0.1, 0.15) is 0 Å². The average molecular weight is 534 g/mol. The van der Waals surface area contributed by atoms with Crippen molar-refractivity contribution in [2.24, 2.45) is 10.7 Å². The highest BCUT2D eigenvalue weighted by Crippen LogP contribution is 2.16. The summed E-state index contributed by atoms with van der Waals surface area (Å²) in [6, 6.07) is 9.46. The Labute approximate surface area is 187 Å². The third kappa shape index (κ3) is 6.51. The zero-order valence-corrected chi connectivity index (χ0v) is 18.9. The number of nitrogens with one attached hydrogen (secondary N) is 1. The number of benzene rings is 1. The summed E-state index contributed by atoms with van der Waals surface area (Å²) < 4.78 is 39.7. The molecular weight excluding hydrogens is 510 g/mol. The number of halogens is 2. The molecule has 158 valence electrons. The van der Waals surface area contributed by atoms with E-state index in [1.165, 1.54) is 30.6 Å². The van der Waals surface area contributed by atoms with Gasteiger partial charge in [0, 0.05) is 50.8 Å². The van der Waals surface area contributed by atoms with Crippen molar-refractivity contribution in [3.05, 3.63) is 54.6 Å². The molecule has 2 heterocycles. The van der Waals surface area contributed by atoms with Gasteiger partial charge in [0.05, 0.1) is 6.54 Å². The Kier molecular flexibility index (Phi) is 8.59. The van der Waals surface area contributed by atoms with Crippen LogP contribution in [0.5, 0.6) is 0 Å². The number of hydrogen-bond donors (Lipinski definition) is 2. The van der Waals surface area contributed by atoms with Gasteiger partial charge < -0.3 is 15.5 Å². The maximum atomic E-state index is 13.0. The first-order valence-corrected chi connectivity index (χ1v) is 10.4. The predicted octanol–water partition coefficient (Wildman–Crippen LogP) is 1.25. The highest BCUT2D eigenvalue weighted by molar-refractivity contribution is 14.0. The summed E-state index contributed by atoms with van der Waals surface area (Å²) in [5.41, 5.74) is 7.01. The van der Waals surface area contributed by atoms with Crippen LogP contribution in [0.4, 0.5) is 10.1 Å². The van der Waals surface area contributed by atoms with E-state index < -0.39 is 10.0 Å². The van der Waals surface area contributed by atoms with Gasteiger partial charge in [-0.3, -0.25) is 9.98 Å². The highest BCUT2D eigenvalue weighted by atomic mass is 127. The maximum Gasteiger partial charge on any atom is 0.242 e. The van der Waals surface area contributed by atoms with Crippen LogP contribution in [0.3, 0.4) is 0 Å². The molecule has 1 saturated heterocycles. The lowest BCUT2D eigenvalue weighted by Crippen LogP contribution is -2.51. The van der Waals surface area contributed by atoms with Crippen molar-refractivity contribution in [3.63, 3.8) is 0 Å². The van der Waals surface area contributed by atoms with E-state index in [-0.39, 0.29) is 47.8 Å². The second-order valence-corrected chi connectivity index (χ2v) is 8.04. The average Bonchev–Trinajstić information content (AvgIpc) is 2.72. The maximum absolute atomic E-state index is 13.0. The van der Waals surface area contributed by atoms with Gasteiger partial charge in [-0.15, -0.1) is 24.0 Å². The van der Waals surface area contributed by atoms with E-state index in [1.54, 1.807) is 18.2 Å². The van der Waals surface area contributed by atoms with Crippen LogP contribution in [0, 0.1) is 5.82 Å². The normalized spacial score (nSPS) is 15.1. The molecule has 1 aliphatic rings. The van der Waals surface area contributed by atoms with Gasteiger partial charge in [-0.1, -0.05) is 0 Å². The van der Waals surface area contributed by atoms with Crippen molar-refractivity contribution in [2.45, 2.75) is 4.90 Å². The number of sulfonamides is 1. The van der Waals surface area contributed by atoms with Gasteiger partial charge in [-0.25, -0.2) is 17.5 Å². The quantitative estimate of drug-likeness (QED) is 0.250. The molecule has 1 aromatic carbocycles. The molecule has 1 aromatic heterocycles. The highest BCUT2D eigenvalue weighted by Gasteiger charge is 2.18. The van der Waals surface area contributed by atoms with Crippen molar-refractivity contribution >= 4 is 45.6 Å². The number of hydrogen-bond acceptors (Lipinski definition) is 5. The van der Waals surface area contributed by atoms with E-state index in [0.29, 0.717) is 19.0 Å². The molecule has 0 saturated carbocycles. The summed E-state index contributed by atoms with van der Waals surface area (Å²) in [4.78, 5) is 12.3. The summed E-state index contributed by atoms with van der Waals surface area (Å²) in [7, 11) is -3.59. The number of aliphatic imine (C=N–C) groups is 1. The van der Waals surface area contributed by atoms with E-state index in [2.05, 4.69) is 19.6 Å².